The molecule has 0 radical (unpaired) electrons. The van der Waals surface area contributed by atoms with Crippen LogP contribution in [0.5, 0.6) is 0 Å². The molecular weight excluding hydrogens is 218 g/mol. The Morgan fingerprint density at radius 1 is 1.41 bits per heavy atom. The van der Waals surface area contributed by atoms with Gasteiger partial charge in [0.25, 0.3) is 0 Å². The van der Waals surface area contributed by atoms with Gasteiger partial charge in [-0.25, -0.2) is 0 Å². The lowest BCUT2D eigenvalue weighted by molar-refractivity contribution is -0.383. The zero-order valence-corrected chi connectivity index (χ0v) is 10.1. The summed E-state index contributed by atoms with van der Waals surface area (Å²) < 4.78 is 0. The first kappa shape index (κ1) is 11.7. The number of para-hydroxylation sites is 1. The molecule has 5 nitrogen and oxygen atoms in total. The predicted molar refractivity (Wildman–Crippen MR) is 68.5 cm³/mol. The number of nitrogens with one attached hydrogen (secondary N) is 2. The topological polar surface area (TPSA) is 67.2 Å². The normalized spacial score (nSPS) is 16.4. The smallest absolute Gasteiger partial charge is 0.315 e. The minimum Gasteiger partial charge on any atom is -0.382 e. The highest BCUT2D eigenvalue weighted by Crippen LogP contribution is 2.45. The third-order valence-electron chi connectivity index (χ3n) is 3.30. The van der Waals surface area contributed by atoms with Crippen LogP contribution in [0.25, 0.3) is 0 Å². The monoisotopic (exact) mass is 235 g/mol. The van der Waals surface area contributed by atoms with Gasteiger partial charge in [-0.3, -0.25) is 10.1 Å². The van der Waals surface area contributed by atoms with E-state index >= 15 is 0 Å². The molecule has 0 saturated heterocycles. The molecule has 2 rings (SSSR count). The molecule has 0 spiro atoms. The number of hydrogen-bond donors (Lipinski definition) is 2. The molecule has 1 saturated carbocycles. The first-order valence-corrected chi connectivity index (χ1v) is 5.75. The van der Waals surface area contributed by atoms with Crippen molar-refractivity contribution in [2.45, 2.75) is 19.8 Å². The molecule has 0 aliphatic heterocycles. The maximum atomic E-state index is 11.1. The van der Waals surface area contributed by atoms with Crippen molar-refractivity contribution in [3.63, 3.8) is 0 Å². The molecule has 1 aromatic carbocycles. The average molecular weight is 235 g/mol. The molecule has 0 unspecified atom stereocenters. The van der Waals surface area contributed by atoms with E-state index in [2.05, 4.69) is 17.6 Å². The molecule has 1 aromatic rings. The number of nitrogens with zero attached hydrogens (tertiary/aromatic N) is 1. The maximum Gasteiger partial charge on any atom is 0.315 e. The van der Waals surface area contributed by atoms with Crippen molar-refractivity contribution in [3.05, 3.63) is 28.3 Å². The Balaban J connectivity index is 2.22. The molecule has 2 N–H and O–H groups in total. The van der Waals surface area contributed by atoms with Gasteiger partial charge in [0.2, 0.25) is 0 Å². The summed E-state index contributed by atoms with van der Waals surface area (Å²) in [5.74, 6) is 0. The van der Waals surface area contributed by atoms with E-state index in [9.17, 15) is 10.1 Å². The molecule has 1 aliphatic carbocycles. The molecule has 0 bridgehead atoms. The van der Waals surface area contributed by atoms with Gasteiger partial charge < -0.3 is 10.6 Å². The van der Waals surface area contributed by atoms with Crippen LogP contribution in [0.3, 0.4) is 0 Å². The van der Waals surface area contributed by atoms with Gasteiger partial charge in [-0.05, 0) is 30.4 Å². The lowest BCUT2D eigenvalue weighted by atomic mass is 10.1. The highest BCUT2D eigenvalue weighted by molar-refractivity contribution is 5.76. The molecule has 0 heterocycles. The van der Waals surface area contributed by atoms with E-state index in [1.54, 1.807) is 19.2 Å². The molecule has 5 heteroatoms. The van der Waals surface area contributed by atoms with E-state index in [0.717, 1.165) is 6.54 Å². The number of benzene rings is 1. The first-order valence-electron chi connectivity index (χ1n) is 5.75. The predicted octanol–water partition coefficient (Wildman–Crippen LogP) is 2.85. The Kier molecular flexibility index (Phi) is 2.92. The average Bonchev–Trinajstić information content (AvgIpc) is 3.04. The van der Waals surface area contributed by atoms with Crippen LogP contribution in [0, 0.1) is 15.5 Å². The molecule has 0 atom stereocenters. The van der Waals surface area contributed by atoms with Crippen LogP contribution < -0.4 is 10.6 Å². The zero-order chi connectivity index (χ0) is 12.5. The van der Waals surface area contributed by atoms with Crippen LogP contribution in [-0.2, 0) is 0 Å². The van der Waals surface area contributed by atoms with E-state index in [4.69, 9.17) is 0 Å². The van der Waals surface area contributed by atoms with Gasteiger partial charge >= 0.3 is 5.69 Å². The molecule has 92 valence electrons. The van der Waals surface area contributed by atoms with Gasteiger partial charge in [-0.1, -0.05) is 13.0 Å². The summed E-state index contributed by atoms with van der Waals surface area (Å²) in [6.07, 6.45) is 2.39. The van der Waals surface area contributed by atoms with Crippen molar-refractivity contribution in [2.75, 3.05) is 24.2 Å². The number of hydrogen-bond acceptors (Lipinski definition) is 4. The van der Waals surface area contributed by atoms with E-state index in [0.29, 0.717) is 16.8 Å². The second-order valence-corrected chi connectivity index (χ2v) is 4.87. The van der Waals surface area contributed by atoms with Gasteiger partial charge in [-0.2, -0.15) is 0 Å². The van der Waals surface area contributed by atoms with Crippen LogP contribution in [0.2, 0.25) is 0 Å². The number of anilines is 2. The molecule has 0 aromatic heterocycles. The maximum absolute atomic E-state index is 11.1. The Bertz CT molecular complexity index is 441. The lowest BCUT2D eigenvalue weighted by Gasteiger charge is -2.13. The minimum atomic E-state index is -0.344. The Labute approximate surface area is 100 Å². The molecule has 1 aliphatic rings. The van der Waals surface area contributed by atoms with Crippen LogP contribution in [-0.4, -0.2) is 18.5 Å². The molecule has 1 fully saturated rings. The van der Waals surface area contributed by atoms with E-state index in [1.807, 2.05) is 6.07 Å². The molecule has 17 heavy (non-hydrogen) atoms. The fraction of sp³-hybridized carbons (Fsp3) is 0.500. The van der Waals surface area contributed by atoms with Crippen LogP contribution in [0.1, 0.15) is 19.8 Å². The van der Waals surface area contributed by atoms with Crippen molar-refractivity contribution < 1.29 is 4.92 Å². The largest absolute Gasteiger partial charge is 0.382 e. The van der Waals surface area contributed by atoms with Gasteiger partial charge in [-0.15, -0.1) is 0 Å². The van der Waals surface area contributed by atoms with Crippen molar-refractivity contribution in [3.8, 4) is 0 Å². The highest BCUT2D eigenvalue weighted by atomic mass is 16.6. The standard InChI is InChI=1S/C12H17N3O2/c1-12(6-7-12)8-14-10-5-3-4-9(13-2)11(10)15(16)17/h3-5,13-14H,6-8H2,1-2H3. The quantitative estimate of drug-likeness (QED) is 0.608. The van der Waals surface area contributed by atoms with Crippen molar-refractivity contribution in [2.24, 2.45) is 5.41 Å². The SMILES string of the molecule is CNc1cccc(NCC2(C)CC2)c1[N+](=O)[O-]. The molecular formula is C12H17N3O2. The summed E-state index contributed by atoms with van der Waals surface area (Å²) in [5, 5.41) is 17.1. The van der Waals surface area contributed by atoms with E-state index in [1.165, 1.54) is 12.8 Å². The lowest BCUT2D eigenvalue weighted by Crippen LogP contribution is -2.13. The van der Waals surface area contributed by atoms with Crippen molar-refractivity contribution in [1.82, 2.24) is 0 Å². The first-order chi connectivity index (χ1) is 8.06. The van der Waals surface area contributed by atoms with Crippen molar-refractivity contribution in [1.29, 1.82) is 0 Å². The number of nitro benzene ring substituents is 1. The van der Waals surface area contributed by atoms with E-state index in [-0.39, 0.29) is 10.6 Å². The second kappa shape index (κ2) is 4.24. The van der Waals surface area contributed by atoms with Crippen molar-refractivity contribution >= 4 is 17.1 Å². The van der Waals surface area contributed by atoms with Crippen LogP contribution >= 0.6 is 0 Å². The van der Waals surface area contributed by atoms with Crippen LogP contribution in [0.15, 0.2) is 18.2 Å². The fourth-order valence-corrected chi connectivity index (χ4v) is 1.78. The Morgan fingerprint density at radius 3 is 2.59 bits per heavy atom. The summed E-state index contributed by atoms with van der Waals surface area (Å²) in [6.45, 7) is 2.98. The molecule has 0 amide bonds. The summed E-state index contributed by atoms with van der Waals surface area (Å²) in [5.41, 5.74) is 1.58. The third kappa shape index (κ3) is 2.49. The van der Waals surface area contributed by atoms with E-state index < -0.39 is 0 Å². The Morgan fingerprint density at radius 2 is 2.06 bits per heavy atom. The fourth-order valence-electron chi connectivity index (χ4n) is 1.78. The second-order valence-electron chi connectivity index (χ2n) is 4.87. The summed E-state index contributed by atoms with van der Waals surface area (Å²) in [4.78, 5) is 10.7. The zero-order valence-electron chi connectivity index (χ0n) is 10.1. The van der Waals surface area contributed by atoms with Gasteiger partial charge in [0.1, 0.15) is 11.4 Å². The third-order valence-corrected chi connectivity index (χ3v) is 3.30. The number of rotatable bonds is 5. The highest BCUT2D eigenvalue weighted by Gasteiger charge is 2.37. The van der Waals surface area contributed by atoms with Gasteiger partial charge in [0, 0.05) is 13.6 Å². The summed E-state index contributed by atoms with van der Waals surface area (Å²) in [6, 6.07) is 5.28. The van der Waals surface area contributed by atoms with Crippen LogP contribution in [0.4, 0.5) is 17.1 Å². The number of nitro groups is 1. The summed E-state index contributed by atoms with van der Waals surface area (Å²) >= 11 is 0. The van der Waals surface area contributed by atoms with Gasteiger partial charge in [0.15, 0.2) is 0 Å². The Hall–Kier alpha value is -1.78. The minimum absolute atomic E-state index is 0.124. The van der Waals surface area contributed by atoms with Gasteiger partial charge in [0.05, 0.1) is 4.92 Å². The summed E-state index contributed by atoms with van der Waals surface area (Å²) in [7, 11) is 1.69.